The van der Waals surface area contributed by atoms with Crippen LogP contribution in [-0.2, 0) is 11.3 Å². The summed E-state index contributed by atoms with van der Waals surface area (Å²) < 4.78 is 26.6. The van der Waals surface area contributed by atoms with Gasteiger partial charge in [-0.25, -0.2) is 13.8 Å². The Balaban J connectivity index is 1.59. The third-order valence-corrected chi connectivity index (χ3v) is 4.04. The van der Waals surface area contributed by atoms with Crippen LogP contribution in [0.3, 0.4) is 0 Å². The van der Waals surface area contributed by atoms with Crippen molar-refractivity contribution in [2.24, 2.45) is 0 Å². The van der Waals surface area contributed by atoms with E-state index in [1.807, 2.05) is 6.07 Å². The second kappa shape index (κ2) is 6.44. The highest BCUT2D eigenvalue weighted by atomic mass is 19.1. The predicted molar refractivity (Wildman–Crippen MR) is 95.2 cm³/mol. The molecule has 0 unspecified atom stereocenters. The minimum atomic E-state index is -0.615. The fourth-order valence-corrected chi connectivity index (χ4v) is 2.86. The number of hydrogen-bond acceptors (Lipinski definition) is 3. The molecule has 3 aromatic rings. The molecular formula is C19H14F2N4O. The van der Waals surface area contributed by atoms with Crippen LogP contribution in [0, 0.1) is 11.6 Å². The third kappa shape index (κ3) is 3.19. The second-order valence-corrected chi connectivity index (χ2v) is 5.91. The maximum atomic E-state index is 13.3. The molecule has 1 amide bonds. The van der Waals surface area contributed by atoms with Crippen LogP contribution in [0.4, 0.5) is 20.2 Å². The summed E-state index contributed by atoms with van der Waals surface area (Å²) >= 11 is 0. The number of benzene rings is 2. The second-order valence-electron chi connectivity index (χ2n) is 5.91. The van der Waals surface area contributed by atoms with Gasteiger partial charge in [0, 0.05) is 29.5 Å². The number of carbonyl (C=O) groups excluding carboxylic acids is 1. The molecule has 130 valence electrons. The van der Waals surface area contributed by atoms with Crippen molar-refractivity contribution in [3.8, 4) is 0 Å². The minimum absolute atomic E-state index is 0.195. The SMILES string of the molecule is O=C1Nc2ccc(NCc3cc(F)cc(F)c3)cc2C1=Cc1cnc[nH]1. The Bertz CT molecular complexity index is 992. The van der Waals surface area contributed by atoms with Crippen molar-refractivity contribution in [1.29, 1.82) is 0 Å². The van der Waals surface area contributed by atoms with E-state index in [2.05, 4.69) is 20.6 Å². The molecule has 1 aliphatic heterocycles. The van der Waals surface area contributed by atoms with Crippen LogP contribution in [-0.4, -0.2) is 15.9 Å². The van der Waals surface area contributed by atoms with E-state index in [1.165, 1.54) is 18.5 Å². The van der Waals surface area contributed by atoms with E-state index in [-0.39, 0.29) is 12.5 Å². The molecule has 0 spiro atoms. The predicted octanol–water partition coefficient (Wildman–Crippen LogP) is 3.79. The topological polar surface area (TPSA) is 69.8 Å². The van der Waals surface area contributed by atoms with Crippen LogP contribution >= 0.6 is 0 Å². The van der Waals surface area contributed by atoms with Gasteiger partial charge in [-0.3, -0.25) is 4.79 Å². The largest absolute Gasteiger partial charge is 0.381 e. The summed E-state index contributed by atoms with van der Waals surface area (Å²) in [6.07, 6.45) is 4.88. The van der Waals surface area contributed by atoms with Crippen LogP contribution in [0.1, 0.15) is 16.8 Å². The Labute approximate surface area is 147 Å². The summed E-state index contributed by atoms with van der Waals surface area (Å²) in [4.78, 5) is 19.1. The maximum absolute atomic E-state index is 13.3. The van der Waals surface area contributed by atoms with E-state index in [9.17, 15) is 13.6 Å². The zero-order chi connectivity index (χ0) is 18.1. The van der Waals surface area contributed by atoms with Crippen molar-refractivity contribution in [3.05, 3.63) is 77.4 Å². The number of halogens is 2. The van der Waals surface area contributed by atoms with Crippen LogP contribution in [0.25, 0.3) is 11.6 Å². The number of hydrogen-bond donors (Lipinski definition) is 3. The fraction of sp³-hybridized carbons (Fsp3) is 0.0526. The highest BCUT2D eigenvalue weighted by Gasteiger charge is 2.24. The van der Waals surface area contributed by atoms with E-state index >= 15 is 0 Å². The molecule has 0 aliphatic carbocycles. The molecule has 26 heavy (non-hydrogen) atoms. The Morgan fingerprint density at radius 2 is 1.92 bits per heavy atom. The molecule has 0 atom stereocenters. The molecule has 0 bridgehead atoms. The van der Waals surface area contributed by atoms with E-state index < -0.39 is 11.6 Å². The molecule has 3 N–H and O–H groups in total. The van der Waals surface area contributed by atoms with Crippen molar-refractivity contribution in [2.45, 2.75) is 6.54 Å². The molecule has 2 aromatic carbocycles. The molecular weight excluding hydrogens is 338 g/mol. The van der Waals surface area contributed by atoms with Gasteiger partial charge < -0.3 is 15.6 Å². The number of fused-ring (bicyclic) bond motifs is 1. The Hall–Kier alpha value is -3.48. The normalized spacial score (nSPS) is 14.4. The first-order valence-electron chi connectivity index (χ1n) is 7.93. The van der Waals surface area contributed by atoms with Gasteiger partial charge in [0.2, 0.25) is 0 Å². The first kappa shape index (κ1) is 16.0. The molecule has 7 heteroatoms. The van der Waals surface area contributed by atoms with E-state index in [0.29, 0.717) is 16.8 Å². The number of nitrogens with zero attached hydrogens (tertiary/aromatic N) is 1. The Kier molecular flexibility index (Phi) is 3.96. The molecule has 0 saturated heterocycles. The summed E-state index contributed by atoms with van der Waals surface area (Å²) in [5.41, 5.74) is 3.93. The lowest BCUT2D eigenvalue weighted by molar-refractivity contribution is -0.110. The summed E-state index contributed by atoms with van der Waals surface area (Å²) in [6.45, 7) is 0.258. The number of amides is 1. The maximum Gasteiger partial charge on any atom is 0.256 e. The highest BCUT2D eigenvalue weighted by Crippen LogP contribution is 2.35. The van der Waals surface area contributed by atoms with Crippen molar-refractivity contribution >= 4 is 28.9 Å². The van der Waals surface area contributed by atoms with E-state index in [0.717, 1.165) is 23.0 Å². The van der Waals surface area contributed by atoms with Gasteiger partial charge in [0.05, 0.1) is 23.8 Å². The van der Waals surface area contributed by atoms with Crippen molar-refractivity contribution in [2.75, 3.05) is 10.6 Å². The minimum Gasteiger partial charge on any atom is -0.381 e. The zero-order valence-corrected chi connectivity index (χ0v) is 13.5. The highest BCUT2D eigenvalue weighted by molar-refractivity contribution is 6.35. The summed E-state index contributed by atoms with van der Waals surface area (Å²) in [6, 6.07) is 8.80. The van der Waals surface area contributed by atoms with Crippen molar-refractivity contribution in [1.82, 2.24) is 9.97 Å². The monoisotopic (exact) mass is 352 g/mol. The molecule has 2 heterocycles. The number of carbonyl (C=O) groups is 1. The molecule has 1 aliphatic rings. The molecule has 4 rings (SSSR count). The smallest absolute Gasteiger partial charge is 0.256 e. The summed E-state index contributed by atoms with van der Waals surface area (Å²) in [5, 5.41) is 5.93. The van der Waals surface area contributed by atoms with Gasteiger partial charge in [-0.15, -0.1) is 0 Å². The number of H-pyrrole nitrogens is 1. The van der Waals surface area contributed by atoms with Crippen LogP contribution in [0.2, 0.25) is 0 Å². The van der Waals surface area contributed by atoms with E-state index in [1.54, 1.807) is 24.4 Å². The number of imidazole rings is 1. The standard InChI is InChI=1S/C19H14F2N4O/c20-12-3-11(4-13(21)5-12)8-23-14-1-2-18-16(6-14)17(19(26)25-18)7-15-9-22-10-24-15/h1-7,9-10,23H,8H2,(H,22,24)(H,25,26). The lowest BCUT2D eigenvalue weighted by atomic mass is 10.1. The van der Waals surface area contributed by atoms with E-state index in [4.69, 9.17) is 0 Å². The number of aromatic nitrogens is 2. The molecule has 0 fully saturated rings. The van der Waals surface area contributed by atoms with Gasteiger partial charge in [0.25, 0.3) is 5.91 Å². The Morgan fingerprint density at radius 3 is 2.65 bits per heavy atom. The van der Waals surface area contributed by atoms with Gasteiger partial charge in [0.1, 0.15) is 11.6 Å². The number of aromatic amines is 1. The Morgan fingerprint density at radius 1 is 1.12 bits per heavy atom. The van der Waals surface area contributed by atoms with Crippen molar-refractivity contribution in [3.63, 3.8) is 0 Å². The molecule has 5 nitrogen and oxygen atoms in total. The fourth-order valence-electron chi connectivity index (χ4n) is 2.86. The van der Waals surface area contributed by atoms with Gasteiger partial charge in [0.15, 0.2) is 0 Å². The molecule has 0 radical (unpaired) electrons. The first-order valence-corrected chi connectivity index (χ1v) is 7.93. The quantitative estimate of drug-likeness (QED) is 0.626. The third-order valence-electron chi connectivity index (χ3n) is 4.04. The average Bonchev–Trinajstić information content (AvgIpc) is 3.21. The van der Waals surface area contributed by atoms with Gasteiger partial charge in [-0.1, -0.05) is 0 Å². The van der Waals surface area contributed by atoms with Crippen LogP contribution in [0.5, 0.6) is 0 Å². The van der Waals surface area contributed by atoms with Gasteiger partial charge in [-0.05, 0) is 42.0 Å². The number of anilines is 2. The summed E-state index contributed by atoms with van der Waals surface area (Å²) in [5.74, 6) is -1.43. The van der Waals surface area contributed by atoms with Crippen molar-refractivity contribution < 1.29 is 13.6 Å². The lowest BCUT2D eigenvalue weighted by Crippen LogP contribution is -2.03. The number of rotatable bonds is 4. The molecule has 1 aromatic heterocycles. The first-order chi connectivity index (χ1) is 12.6. The number of nitrogens with one attached hydrogen (secondary N) is 3. The van der Waals surface area contributed by atoms with Gasteiger partial charge >= 0.3 is 0 Å². The van der Waals surface area contributed by atoms with Crippen LogP contribution in [0.15, 0.2) is 48.9 Å². The lowest BCUT2D eigenvalue weighted by Gasteiger charge is -2.09. The van der Waals surface area contributed by atoms with Gasteiger partial charge in [-0.2, -0.15) is 0 Å². The molecule has 0 saturated carbocycles. The average molecular weight is 352 g/mol. The summed E-state index contributed by atoms with van der Waals surface area (Å²) in [7, 11) is 0. The van der Waals surface area contributed by atoms with Crippen LogP contribution < -0.4 is 10.6 Å². The zero-order valence-electron chi connectivity index (χ0n) is 13.5.